The van der Waals surface area contributed by atoms with Gasteiger partial charge in [0.1, 0.15) is 11.0 Å². The van der Waals surface area contributed by atoms with E-state index in [1.807, 2.05) is 0 Å². The quantitative estimate of drug-likeness (QED) is 0.842. The molecule has 6 nitrogen and oxygen atoms in total. The smallest absolute Gasteiger partial charge is 0.240 e. The fraction of sp³-hybridized carbons (Fsp3) is 0.733. The van der Waals surface area contributed by atoms with Gasteiger partial charge in [0.25, 0.3) is 0 Å². The Labute approximate surface area is 131 Å². The van der Waals surface area contributed by atoms with E-state index in [1.165, 1.54) is 6.92 Å². The molecule has 1 aromatic heterocycles. The van der Waals surface area contributed by atoms with Crippen LogP contribution in [0.2, 0.25) is 0 Å². The van der Waals surface area contributed by atoms with E-state index in [4.69, 9.17) is 4.52 Å². The SMILES string of the molecule is Cc1cc(CS(=O)(=O)[C@H](C)C(=O)N2C[C@H](C)C[C@H](C)C2)on1. The predicted molar refractivity (Wildman–Crippen MR) is 82.9 cm³/mol. The Bertz CT molecular complexity index is 628. The number of carbonyl (C=O) groups excluding carboxylic acids is 1. The highest BCUT2D eigenvalue weighted by molar-refractivity contribution is 7.92. The molecular formula is C15H24N2O4S. The van der Waals surface area contributed by atoms with E-state index in [0.717, 1.165) is 6.42 Å². The van der Waals surface area contributed by atoms with Crippen LogP contribution in [-0.4, -0.2) is 42.7 Å². The van der Waals surface area contributed by atoms with Gasteiger partial charge in [0.05, 0.1) is 5.69 Å². The number of hydrogen-bond donors (Lipinski definition) is 0. The van der Waals surface area contributed by atoms with E-state index >= 15 is 0 Å². The molecule has 1 aliphatic rings. The maximum atomic E-state index is 12.5. The summed E-state index contributed by atoms with van der Waals surface area (Å²) in [6.07, 6.45) is 1.07. The highest BCUT2D eigenvalue weighted by Crippen LogP contribution is 2.23. The molecule has 0 N–H and O–H groups in total. The van der Waals surface area contributed by atoms with Crippen molar-refractivity contribution in [1.82, 2.24) is 10.1 Å². The molecule has 1 saturated heterocycles. The Morgan fingerprint density at radius 3 is 2.50 bits per heavy atom. The number of sulfone groups is 1. The number of aromatic nitrogens is 1. The molecule has 0 aromatic carbocycles. The van der Waals surface area contributed by atoms with Gasteiger partial charge in [-0.15, -0.1) is 0 Å². The first-order valence-electron chi connectivity index (χ1n) is 7.61. The summed E-state index contributed by atoms with van der Waals surface area (Å²) < 4.78 is 29.8. The second-order valence-electron chi connectivity index (χ2n) is 6.57. The Balaban J connectivity index is 2.08. The van der Waals surface area contributed by atoms with E-state index in [9.17, 15) is 13.2 Å². The summed E-state index contributed by atoms with van der Waals surface area (Å²) in [4.78, 5) is 14.2. The molecule has 3 atom stereocenters. The molecule has 1 fully saturated rings. The van der Waals surface area contributed by atoms with Crippen LogP contribution in [0.1, 0.15) is 38.6 Å². The van der Waals surface area contributed by atoms with Crippen LogP contribution in [0.25, 0.3) is 0 Å². The van der Waals surface area contributed by atoms with Crippen molar-refractivity contribution in [2.45, 2.75) is 45.1 Å². The largest absolute Gasteiger partial charge is 0.360 e. The first kappa shape index (κ1) is 17.0. The molecule has 2 heterocycles. The van der Waals surface area contributed by atoms with E-state index in [0.29, 0.717) is 30.6 Å². The maximum absolute atomic E-state index is 12.5. The third-order valence-corrected chi connectivity index (χ3v) is 6.05. The molecule has 22 heavy (non-hydrogen) atoms. The van der Waals surface area contributed by atoms with Gasteiger partial charge in [0, 0.05) is 19.2 Å². The first-order chi connectivity index (χ1) is 10.2. The zero-order valence-electron chi connectivity index (χ0n) is 13.6. The van der Waals surface area contributed by atoms with Gasteiger partial charge < -0.3 is 9.42 Å². The average Bonchev–Trinajstić information content (AvgIpc) is 2.80. The van der Waals surface area contributed by atoms with Crippen LogP contribution in [0.3, 0.4) is 0 Å². The van der Waals surface area contributed by atoms with Crippen molar-refractivity contribution in [2.75, 3.05) is 13.1 Å². The van der Waals surface area contributed by atoms with Crippen molar-refractivity contribution in [3.63, 3.8) is 0 Å². The predicted octanol–water partition coefficient (Wildman–Crippen LogP) is 1.79. The minimum Gasteiger partial charge on any atom is -0.360 e. The van der Waals surface area contributed by atoms with Crippen LogP contribution in [0.5, 0.6) is 0 Å². The lowest BCUT2D eigenvalue weighted by atomic mass is 9.92. The number of hydrogen-bond acceptors (Lipinski definition) is 5. The van der Waals surface area contributed by atoms with Crippen LogP contribution in [0.15, 0.2) is 10.6 Å². The first-order valence-corrected chi connectivity index (χ1v) is 9.33. The van der Waals surface area contributed by atoms with Gasteiger partial charge in [0.2, 0.25) is 5.91 Å². The molecule has 0 saturated carbocycles. The van der Waals surface area contributed by atoms with E-state index in [-0.39, 0.29) is 17.4 Å². The van der Waals surface area contributed by atoms with Crippen LogP contribution in [-0.2, 0) is 20.4 Å². The summed E-state index contributed by atoms with van der Waals surface area (Å²) in [5.41, 5.74) is 0.628. The zero-order chi connectivity index (χ0) is 16.5. The molecule has 7 heteroatoms. The van der Waals surface area contributed by atoms with Crippen molar-refractivity contribution in [1.29, 1.82) is 0 Å². The number of nitrogens with zero attached hydrogens (tertiary/aromatic N) is 2. The Morgan fingerprint density at radius 2 is 2.00 bits per heavy atom. The van der Waals surface area contributed by atoms with Gasteiger partial charge in [-0.25, -0.2) is 8.42 Å². The van der Waals surface area contributed by atoms with Crippen LogP contribution >= 0.6 is 0 Å². The van der Waals surface area contributed by atoms with Crippen LogP contribution in [0, 0.1) is 18.8 Å². The monoisotopic (exact) mass is 328 g/mol. The molecule has 0 unspecified atom stereocenters. The highest BCUT2D eigenvalue weighted by atomic mass is 32.2. The standard InChI is InChI=1S/C15H24N2O4S/c1-10-5-11(2)8-17(7-10)15(18)13(4)22(19,20)9-14-6-12(3)16-21-14/h6,10-11,13H,5,7-9H2,1-4H3/t10-,11+,13-/m1/s1. The van der Waals surface area contributed by atoms with Gasteiger partial charge in [-0.1, -0.05) is 19.0 Å². The van der Waals surface area contributed by atoms with Crippen LogP contribution < -0.4 is 0 Å². The van der Waals surface area contributed by atoms with E-state index < -0.39 is 15.1 Å². The third kappa shape index (κ3) is 3.88. The molecular weight excluding hydrogens is 304 g/mol. The summed E-state index contributed by atoms with van der Waals surface area (Å²) in [5, 5.41) is 2.62. The molecule has 124 valence electrons. The van der Waals surface area contributed by atoms with Gasteiger partial charge in [-0.05, 0) is 32.1 Å². The van der Waals surface area contributed by atoms with Crippen molar-refractivity contribution < 1.29 is 17.7 Å². The minimum atomic E-state index is -3.61. The van der Waals surface area contributed by atoms with E-state index in [2.05, 4.69) is 19.0 Å². The lowest BCUT2D eigenvalue weighted by Crippen LogP contribution is -2.48. The summed E-state index contributed by atoms with van der Waals surface area (Å²) in [6, 6.07) is 1.58. The molecule has 0 bridgehead atoms. The Morgan fingerprint density at radius 1 is 1.41 bits per heavy atom. The lowest BCUT2D eigenvalue weighted by molar-refractivity contribution is -0.133. The number of rotatable bonds is 4. The van der Waals surface area contributed by atoms with E-state index in [1.54, 1.807) is 17.9 Å². The topological polar surface area (TPSA) is 80.5 Å². The normalized spacial score (nSPS) is 24.3. The maximum Gasteiger partial charge on any atom is 0.240 e. The highest BCUT2D eigenvalue weighted by Gasteiger charge is 2.35. The minimum absolute atomic E-state index is 0.275. The van der Waals surface area contributed by atoms with Gasteiger partial charge in [0.15, 0.2) is 15.6 Å². The molecule has 1 aliphatic heterocycles. The number of aryl methyl sites for hydroxylation is 1. The third-order valence-electron chi connectivity index (χ3n) is 4.09. The molecule has 0 aliphatic carbocycles. The molecule has 0 spiro atoms. The molecule has 2 rings (SSSR count). The molecule has 1 aromatic rings. The van der Waals surface area contributed by atoms with Crippen molar-refractivity contribution in [3.05, 3.63) is 17.5 Å². The number of amides is 1. The Kier molecular flexibility index (Phi) is 4.94. The average molecular weight is 328 g/mol. The fourth-order valence-electron chi connectivity index (χ4n) is 3.06. The van der Waals surface area contributed by atoms with Gasteiger partial charge in [-0.3, -0.25) is 4.79 Å². The number of carbonyl (C=O) groups is 1. The molecule has 0 radical (unpaired) electrons. The number of piperidine rings is 1. The van der Waals surface area contributed by atoms with Crippen molar-refractivity contribution >= 4 is 15.7 Å². The van der Waals surface area contributed by atoms with Gasteiger partial charge >= 0.3 is 0 Å². The summed E-state index contributed by atoms with van der Waals surface area (Å²) in [6.45, 7) is 8.63. The summed E-state index contributed by atoms with van der Waals surface area (Å²) in [7, 11) is -3.61. The number of likely N-dealkylation sites (tertiary alicyclic amines) is 1. The second-order valence-corrected chi connectivity index (χ2v) is 8.89. The summed E-state index contributed by atoms with van der Waals surface area (Å²) >= 11 is 0. The van der Waals surface area contributed by atoms with Crippen molar-refractivity contribution in [2.24, 2.45) is 11.8 Å². The fourth-order valence-corrected chi connectivity index (χ4v) is 4.30. The van der Waals surface area contributed by atoms with Crippen molar-refractivity contribution in [3.8, 4) is 0 Å². The van der Waals surface area contributed by atoms with Crippen LogP contribution in [0.4, 0.5) is 0 Å². The zero-order valence-corrected chi connectivity index (χ0v) is 14.4. The summed E-state index contributed by atoms with van der Waals surface area (Å²) in [5.74, 6) is 0.478. The van der Waals surface area contributed by atoms with Gasteiger partial charge in [-0.2, -0.15) is 0 Å². The lowest BCUT2D eigenvalue weighted by Gasteiger charge is -2.36. The molecule has 1 amide bonds. The Hall–Kier alpha value is -1.37. The second kappa shape index (κ2) is 6.40.